The summed E-state index contributed by atoms with van der Waals surface area (Å²) in [5.41, 5.74) is 2.59. The summed E-state index contributed by atoms with van der Waals surface area (Å²) in [5, 5.41) is 0. The highest BCUT2D eigenvalue weighted by atomic mass is 79.9. The number of halogens is 1. The van der Waals surface area contributed by atoms with Gasteiger partial charge in [0.05, 0.1) is 5.56 Å². The van der Waals surface area contributed by atoms with E-state index >= 15 is 0 Å². The van der Waals surface area contributed by atoms with Crippen molar-refractivity contribution in [3.63, 3.8) is 0 Å². The Hall–Kier alpha value is -1.35. The lowest BCUT2D eigenvalue weighted by molar-refractivity contribution is 0.0949. The lowest BCUT2D eigenvalue weighted by Gasteiger charge is -2.27. The van der Waals surface area contributed by atoms with Gasteiger partial charge in [-0.2, -0.15) is 0 Å². The van der Waals surface area contributed by atoms with Crippen LogP contribution in [0.5, 0.6) is 0 Å². The van der Waals surface area contributed by atoms with Crippen molar-refractivity contribution >= 4 is 21.7 Å². The van der Waals surface area contributed by atoms with Crippen LogP contribution in [0.15, 0.2) is 39.4 Å². The largest absolute Gasteiger partial charge is 0.452 e. The second-order valence-corrected chi connectivity index (χ2v) is 6.35. The number of hydrogen-bond acceptors (Lipinski definition) is 2. The highest BCUT2D eigenvalue weighted by Gasteiger charge is 2.38. The van der Waals surface area contributed by atoms with Crippen molar-refractivity contribution in [3.8, 4) is 11.1 Å². The Bertz CT molecular complexity index is 638. The van der Waals surface area contributed by atoms with Gasteiger partial charge in [-0.25, -0.2) is 0 Å². The summed E-state index contributed by atoms with van der Waals surface area (Å²) in [6.45, 7) is 4.26. The van der Waals surface area contributed by atoms with Crippen molar-refractivity contribution in [1.82, 2.24) is 0 Å². The van der Waals surface area contributed by atoms with E-state index in [0.29, 0.717) is 11.1 Å². The first kappa shape index (κ1) is 12.7. The Balaban J connectivity index is 2.28. The molecule has 0 radical (unpaired) electrons. The number of ketones is 1. The van der Waals surface area contributed by atoms with E-state index in [1.54, 1.807) is 0 Å². The number of rotatable bonds is 1. The number of benzene rings is 1. The van der Waals surface area contributed by atoms with Crippen molar-refractivity contribution in [2.45, 2.75) is 32.1 Å². The molecule has 0 bridgehead atoms. The molecule has 1 aliphatic rings. The van der Waals surface area contributed by atoms with Gasteiger partial charge in [0.1, 0.15) is 5.76 Å². The normalized spacial score (nSPS) is 17.3. The third-order valence-corrected chi connectivity index (χ3v) is 4.36. The van der Waals surface area contributed by atoms with E-state index in [0.717, 1.165) is 28.9 Å². The monoisotopic (exact) mass is 318 g/mol. The minimum absolute atomic E-state index is 0.0845. The van der Waals surface area contributed by atoms with Crippen molar-refractivity contribution in [3.05, 3.63) is 46.3 Å². The van der Waals surface area contributed by atoms with Gasteiger partial charge in [0.2, 0.25) is 0 Å². The lowest BCUT2D eigenvalue weighted by Crippen LogP contribution is -2.26. The predicted molar refractivity (Wildman–Crippen MR) is 78.4 cm³/mol. The van der Waals surface area contributed by atoms with Crippen LogP contribution in [0.1, 0.15) is 42.8 Å². The molecule has 0 N–H and O–H groups in total. The molecule has 0 saturated heterocycles. The molecule has 0 aliphatic heterocycles. The van der Waals surface area contributed by atoms with Crippen LogP contribution in [-0.2, 0) is 5.41 Å². The molecule has 2 aromatic rings. The van der Waals surface area contributed by atoms with Crippen LogP contribution in [0, 0.1) is 0 Å². The standard InChI is InChI=1S/C16H15BrO2/c1-16(2)9-8-11(18)13-12(15(17)19-14(13)16)10-6-4-3-5-7-10/h3-7H,8-9H2,1-2H3. The summed E-state index contributed by atoms with van der Waals surface area (Å²) in [6.07, 6.45) is 1.43. The summed E-state index contributed by atoms with van der Waals surface area (Å²) in [6, 6.07) is 9.92. The molecule has 19 heavy (non-hydrogen) atoms. The number of hydrogen-bond donors (Lipinski definition) is 0. The SMILES string of the molecule is CC1(C)CCC(=O)c2c1oc(Br)c2-c1ccccc1. The van der Waals surface area contributed by atoms with E-state index < -0.39 is 0 Å². The molecule has 1 aliphatic carbocycles. The molecule has 3 rings (SSSR count). The predicted octanol–water partition coefficient (Wildman–Crippen LogP) is 4.96. The van der Waals surface area contributed by atoms with E-state index in [1.807, 2.05) is 30.3 Å². The van der Waals surface area contributed by atoms with Crippen LogP contribution in [0.4, 0.5) is 0 Å². The van der Waals surface area contributed by atoms with Crippen LogP contribution < -0.4 is 0 Å². The zero-order valence-corrected chi connectivity index (χ0v) is 12.6. The second kappa shape index (κ2) is 4.34. The minimum atomic E-state index is -0.0845. The molecule has 3 heteroatoms. The number of Topliss-reactive ketones (excluding diaryl/α,β-unsaturated/α-hetero) is 1. The topological polar surface area (TPSA) is 30.2 Å². The van der Waals surface area contributed by atoms with Gasteiger partial charge in [0.25, 0.3) is 0 Å². The van der Waals surface area contributed by atoms with Gasteiger partial charge in [0.15, 0.2) is 10.5 Å². The average molecular weight is 319 g/mol. The maximum absolute atomic E-state index is 12.3. The van der Waals surface area contributed by atoms with Gasteiger partial charge < -0.3 is 4.42 Å². The van der Waals surface area contributed by atoms with E-state index in [-0.39, 0.29) is 11.2 Å². The molecule has 98 valence electrons. The zero-order chi connectivity index (χ0) is 13.6. The Kier molecular flexibility index (Phi) is 2.90. The number of furan rings is 1. The molecule has 1 heterocycles. The van der Waals surface area contributed by atoms with Crippen LogP contribution in [-0.4, -0.2) is 5.78 Å². The quantitative estimate of drug-likeness (QED) is 0.743. The number of fused-ring (bicyclic) bond motifs is 1. The van der Waals surface area contributed by atoms with Gasteiger partial charge in [-0.3, -0.25) is 4.79 Å². The highest BCUT2D eigenvalue weighted by molar-refractivity contribution is 9.10. The minimum Gasteiger partial charge on any atom is -0.452 e. The molecular formula is C16H15BrO2. The molecule has 0 fully saturated rings. The molecule has 1 aromatic carbocycles. The molecular weight excluding hydrogens is 304 g/mol. The first-order valence-electron chi connectivity index (χ1n) is 6.42. The Morgan fingerprint density at radius 2 is 1.84 bits per heavy atom. The van der Waals surface area contributed by atoms with Crippen molar-refractivity contribution < 1.29 is 9.21 Å². The highest BCUT2D eigenvalue weighted by Crippen LogP contribution is 2.46. The fourth-order valence-electron chi connectivity index (χ4n) is 2.67. The first-order valence-corrected chi connectivity index (χ1v) is 7.21. The maximum atomic E-state index is 12.3. The number of carbonyl (C=O) groups excluding carboxylic acids is 1. The van der Waals surface area contributed by atoms with Gasteiger partial charge in [-0.15, -0.1) is 0 Å². The molecule has 0 saturated carbocycles. The van der Waals surface area contributed by atoms with Crippen LogP contribution in [0.2, 0.25) is 0 Å². The Morgan fingerprint density at radius 3 is 2.53 bits per heavy atom. The summed E-state index contributed by atoms with van der Waals surface area (Å²) in [5.74, 6) is 0.997. The smallest absolute Gasteiger partial charge is 0.177 e. The molecule has 0 spiro atoms. The summed E-state index contributed by atoms with van der Waals surface area (Å²) >= 11 is 3.47. The van der Waals surface area contributed by atoms with Gasteiger partial charge in [-0.1, -0.05) is 44.2 Å². The molecule has 0 amide bonds. The second-order valence-electron chi connectivity index (χ2n) is 5.63. The fraction of sp³-hybridized carbons (Fsp3) is 0.312. The van der Waals surface area contributed by atoms with Crippen LogP contribution in [0.3, 0.4) is 0 Å². The maximum Gasteiger partial charge on any atom is 0.177 e. The van der Waals surface area contributed by atoms with E-state index in [1.165, 1.54) is 0 Å². The molecule has 0 unspecified atom stereocenters. The van der Waals surface area contributed by atoms with Crippen LogP contribution >= 0.6 is 15.9 Å². The third kappa shape index (κ3) is 1.96. The van der Waals surface area contributed by atoms with E-state index in [9.17, 15) is 4.79 Å². The van der Waals surface area contributed by atoms with Gasteiger partial charge >= 0.3 is 0 Å². The van der Waals surface area contributed by atoms with Crippen molar-refractivity contribution in [2.24, 2.45) is 0 Å². The summed E-state index contributed by atoms with van der Waals surface area (Å²) < 4.78 is 6.53. The van der Waals surface area contributed by atoms with Gasteiger partial charge in [0, 0.05) is 17.4 Å². The zero-order valence-electron chi connectivity index (χ0n) is 11.0. The van der Waals surface area contributed by atoms with Crippen molar-refractivity contribution in [1.29, 1.82) is 0 Å². The number of carbonyl (C=O) groups is 1. The van der Waals surface area contributed by atoms with E-state index in [4.69, 9.17) is 4.42 Å². The Labute approximate surface area is 120 Å². The summed E-state index contributed by atoms with van der Waals surface area (Å²) in [4.78, 5) is 12.3. The van der Waals surface area contributed by atoms with E-state index in [2.05, 4.69) is 29.8 Å². The lowest BCUT2D eigenvalue weighted by atomic mass is 9.75. The third-order valence-electron chi connectivity index (χ3n) is 3.80. The Morgan fingerprint density at radius 1 is 1.16 bits per heavy atom. The summed E-state index contributed by atoms with van der Waals surface area (Å²) in [7, 11) is 0. The molecule has 2 nitrogen and oxygen atoms in total. The molecule has 0 atom stereocenters. The fourth-order valence-corrected chi connectivity index (χ4v) is 3.26. The van der Waals surface area contributed by atoms with Crippen molar-refractivity contribution in [2.75, 3.05) is 0 Å². The first-order chi connectivity index (χ1) is 9.00. The van der Waals surface area contributed by atoms with Crippen LogP contribution in [0.25, 0.3) is 11.1 Å². The molecule has 1 aromatic heterocycles. The van der Waals surface area contributed by atoms with Gasteiger partial charge in [-0.05, 0) is 27.9 Å². The average Bonchev–Trinajstić information content (AvgIpc) is 2.75.